The molecular weight excluding hydrogens is 154 g/mol. The van der Waals surface area contributed by atoms with Crippen molar-refractivity contribution in [2.75, 3.05) is 0 Å². The molecule has 1 atom stereocenters. The molecule has 1 rings (SSSR count). The van der Waals surface area contributed by atoms with Gasteiger partial charge in [-0.2, -0.15) is 0 Å². The van der Waals surface area contributed by atoms with Crippen LogP contribution in [0.3, 0.4) is 0 Å². The van der Waals surface area contributed by atoms with Gasteiger partial charge >= 0.3 is 0 Å². The molecule has 3 nitrogen and oxygen atoms in total. The summed E-state index contributed by atoms with van der Waals surface area (Å²) in [6, 6.07) is 0. The molecule has 1 aliphatic carbocycles. The van der Waals surface area contributed by atoms with Gasteiger partial charge < -0.3 is 0 Å². The molecule has 0 saturated carbocycles. The van der Waals surface area contributed by atoms with Crippen LogP contribution in [-0.2, 0) is 0 Å². The summed E-state index contributed by atoms with van der Waals surface area (Å²) in [5.74, 6) is 0.513. The van der Waals surface area contributed by atoms with E-state index >= 15 is 0 Å². The van der Waals surface area contributed by atoms with Crippen molar-refractivity contribution in [3.8, 4) is 0 Å². The summed E-state index contributed by atoms with van der Waals surface area (Å²) in [7, 11) is 0. The standard InChI is InChI=1S/C9H13NO2/c1-2-3-8-4-6-9(7-5-8)10(11)12/h4,6-8H,2-3,5H2,1H3. The van der Waals surface area contributed by atoms with Crippen LogP contribution in [0.1, 0.15) is 26.2 Å². The Morgan fingerprint density at radius 3 is 2.92 bits per heavy atom. The average Bonchev–Trinajstić information content (AvgIpc) is 2.06. The van der Waals surface area contributed by atoms with Crippen molar-refractivity contribution in [3.63, 3.8) is 0 Å². The number of allylic oxidation sites excluding steroid dienone is 3. The molecule has 0 aromatic carbocycles. The second-order valence-corrected chi connectivity index (χ2v) is 3.03. The predicted molar refractivity (Wildman–Crippen MR) is 47.2 cm³/mol. The molecule has 0 aromatic rings. The third-order valence-corrected chi connectivity index (χ3v) is 2.04. The van der Waals surface area contributed by atoms with Gasteiger partial charge in [0.15, 0.2) is 0 Å². The monoisotopic (exact) mass is 167 g/mol. The molecular formula is C9H13NO2. The molecule has 66 valence electrons. The number of hydrogen-bond acceptors (Lipinski definition) is 2. The lowest BCUT2D eigenvalue weighted by Gasteiger charge is -2.10. The Hall–Kier alpha value is -1.12. The van der Waals surface area contributed by atoms with E-state index in [0.717, 1.165) is 19.3 Å². The lowest BCUT2D eigenvalue weighted by molar-refractivity contribution is -0.419. The van der Waals surface area contributed by atoms with Crippen LogP contribution >= 0.6 is 0 Å². The Kier molecular flexibility index (Phi) is 3.02. The maximum Gasteiger partial charge on any atom is 0.265 e. The minimum atomic E-state index is -0.335. The van der Waals surface area contributed by atoms with E-state index in [9.17, 15) is 10.1 Å². The van der Waals surface area contributed by atoms with Crippen LogP contribution in [0.25, 0.3) is 0 Å². The molecule has 1 aliphatic rings. The summed E-state index contributed by atoms with van der Waals surface area (Å²) in [6.07, 6.45) is 8.35. The van der Waals surface area contributed by atoms with Gasteiger partial charge in [0.25, 0.3) is 5.70 Å². The highest BCUT2D eigenvalue weighted by molar-refractivity contribution is 5.17. The van der Waals surface area contributed by atoms with Crippen molar-refractivity contribution in [1.29, 1.82) is 0 Å². The van der Waals surface area contributed by atoms with Gasteiger partial charge in [0.05, 0.1) is 4.92 Å². The quantitative estimate of drug-likeness (QED) is 0.478. The van der Waals surface area contributed by atoms with Gasteiger partial charge in [-0.15, -0.1) is 0 Å². The predicted octanol–water partition coefficient (Wildman–Crippen LogP) is 2.52. The molecule has 0 bridgehead atoms. The van der Waals surface area contributed by atoms with E-state index in [4.69, 9.17) is 0 Å². The molecule has 0 amide bonds. The number of nitrogens with zero attached hydrogens (tertiary/aromatic N) is 1. The molecule has 0 aliphatic heterocycles. The minimum absolute atomic E-state index is 0.238. The normalized spacial score (nSPS) is 22.1. The summed E-state index contributed by atoms with van der Waals surface area (Å²) in [6.45, 7) is 2.13. The molecule has 0 N–H and O–H groups in total. The van der Waals surface area contributed by atoms with E-state index in [2.05, 4.69) is 6.92 Å². The first-order valence-electron chi connectivity index (χ1n) is 4.26. The highest BCUT2D eigenvalue weighted by atomic mass is 16.6. The molecule has 0 saturated heterocycles. The SMILES string of the molecule is CCCC1C=CC([N+](=O)[O-])=CC1. The van der Waals surface area contributed by atoms with Crippen LogP contribution in [0.2, 0.25) is 0 Å². The fraction of sp³-hybridized carbons (Fsp3) is 0.556. The largest absolute Gasteiger partial charge is 0.265 e. The first-order chi connectivity index (χ1) is 5.74. The topological polar surface area (TPSA) is 43.1 Å². The van der Waals surface area contributed by atoms with Gasteiger partial charge in [0.2, 0.25) is 0 Å². The fourth-order valence-electron chi connectivity index (χ4n) is 1.37. The Morgan fingerprint density at radius 2 is 2.50 bits per heavy atom. The van der Waals surface area contributed by atoms with Crippen molar-refractivity contribution < 1.29 is 4.92 Å². The molecule has 0 radical (unpaired) electrons. The van der Waals surface area contributed by atoms with Crippen LogP contribution in [0, 0.1) is 16.0 Å². The van der Waals surface area contributed by atoms with Gasteiger partial charge in [0, 0.05) is 6.08 Å². The van der Waals surface area contributed by atoms with Crippen LogP contribution in [0.15, 0.2) is 23.9 Å². The fourth-order valence-corrected chi connectivity index (χ4v) is 1.37. The van der Waals surface area contributed by atoms with E-state index in [1.165, 1.54) is 0 Å². The minimum Gasteiger partial charge on any atom is -0.258 e. The lowest BCUT2D eigenvalue weighted by atomic mass is 9.95. The van der Waals surface area contributed by atoms with Crippen molar-refractivity contribution in [2.45, 2.75) is 26.2 Å². The number of hydrogen-bond donors (Lipinski definition) is 0. The third kappa shape index (κ3) is 2.19. The second-order valence-electron chi connectivity index (χ2n) is 3.03. The molecule has 0 aromatic heterocycles. The van der Waals surface area contributed by atoms with Gasteiger partial charge in [-0.3, -0.25) is 10.1 Å². The van der Waals surface area contributed by atoms with E-state index < -0.39 is 0 Å². The summed E-state index contributed by atoms with van der Waals surface area (Å²) in [5, 5.41) is 10.3. The highest BCUT2D eigenvalue weighted by Crippen LogP contribution is 2.20. The number of rotatable bonds is 3. The van der Waals surface area contributed by atoms with E-state index in [0.29, 0.717) is 5.92 Å². The molecule has 0 heterocycles. The number of nitro groups is 1. The molecule has 0 spiro atoms. The summed E-state index contributed by atoms with van der Waals surface area (Å²) in [5.41, 5.74) is 0.238. The van der Waals surface area contributed by atoms with Crippen molar-refractivity contribution in [2.24, 2.45) is 5.92 Å². The Balaban J connectivity index is 2.49. The first kappa shape index (κ1) is 8.97. The summed E-state index contributed by atoms with van der Waals surface area (Å²) >= 11 is 0. The maximum absolute atomic E-state index is 10.3. The second kappa shape index (κ2) is 4.04. The van der Waals surface area contributed by atoms with E-state index in [1.807, 2.05) is 6.08 Å². The zero-order valence-electron chi connectivity index (χ0n) is 7.19. The van der Waals surface area contributed by atoms with E-state index in [-0.39, 0.29) is 10.6 Å². The Labute approximate surface area is 71.9 Å². The van der Waals surface area contributed by atoms with Gasteiger partial charge in [-0.25, -0.2) is 0 Å². The maximum atomic E-state index is 10.3. The van der Waals surface area contributed by atoms with E-state index in [1.54, 1.807) is 12.2 Å². The highest BCUT2D eigenvalue weighted by Gasteiger charge is 2.13. The van der Waals surface area contributed by atoms with Gasteiger partial charge in [0.1, 0.15) is 0 Å². The van der Waals surface area contributed by atoms with Crippen molar-refractivity contribution in [1.82, 2.24) is 0 Å². The van der Waals surface area contributed by atoms with Crippen molar-refractivity contribution >= 4 is 0 Å². The molecule has 0 fully saturated rings. The van der Waals surface area contributed by atoms with Crippen LogP contribution in [0.5, 0.6) is 0 Å². The third-order valence-electron chi connectivity index (χ3n) is 2.04. The zero-order chi connectivity index (χ0) is 8.97. The molecule has 3 heteroatoms. The van der Waals surface area contributed by atoms with Gasteiger partial charge in [-0.05, 0) is 24.8 Å². The Bertz CT molecular complexity index is 231. The van der Waals surface area contributed by atoms with Crippen LogP contribution in [-0.4, -0.2) is 4.92 Å². The molecule has 12 heavy (non-hydrogen) atoms. The summed E-state index contributed by atoms with van der Waals surface area (Å²) < 4.78 is 0. The van der Waals surface area contributed by atoms with Crippen LogP contribution < -0.4 is 0 Å². The zero-order valence-corrected chi connectivity index (χ0v) is 7.19. The summed E-state index contributed by atoms with van der Waals surface area (Å²) in [4.78, 5) is 9.97. The average molecular weight is 167 g/mol. The lowest BCUT2D eigenvalue weighted by Crippen LogP contribution is -2.04. The Morgan fingerprint density at radius 1 is 1.75 bits per heavy atom. The smallest absolute Gasteiger partial charge is 0.258 e. The van der Waals surface area contributed by atoms with Crippen molar-refractivity contribution in [3.05, 3.63) is 34.0 Å². The molecule has 1 unspecified atom stereocenters. The van der Waals surface area contributed by atoms with Gasteiger partial charge in [-0.1, -0.05) is 19.4 Å². The first-order valence-corrected chi connectivity index (χ1v) is 4.26. The van der Waals surface area contributed by atoms with Crippen LogP contribution in [0.4, 0.5) is 0 Å².